The molecule has 0 spiro atoms. The van der Waals surface area contributed by atoms with Crippen LogP contribution >= 0.6 is 15.9 Å². The molecule has 0 saturated heterocycles. The summed E-state index contributed by atoms with van der Waals surface area (Å²) in [6.07, 6.45) is 1.15. The molecule has 5 nitrogen and oxygen atoms in total. The summed E-state index contributed by atoms with van der Waals surface area (Å²) in [7, 11) is -1.54. The van der Waals surface area contributed by atoms with E-state index in [9.17, 15) is 13.2 Å². The van der Waals surface area contributed by atoms with Crippen LogP contribution < -0.4 is 4.74 Å². The Morgan fingerprint density at radius 2 is 1.88 bits per heavy atom. The Morgan fingerprint density at radius 1 is 1.16 bits per heavy atom. The molecule has 0 atom stereocenters. The minimum absolute atomic E-state index is 0.0731. The molecule has 0 fully saturated rings. The first-order valence-corrected chi connectivity index (χ1v) is 10.5. The summed E-state index contributed by atoms with van der Waals surface area (Å²) in [5.41, 5.74) is 1.38. The molecular weight excluding hydrogens is 406 g/mol. The van der Waals surface area contributed by atoms with Crippen LogP contribution in [0.1, 0.15) is 15.9 Å². The highest BCUT2D eigenvalue weighted by Gasteiger charge is 2.17. The van der Waals surface area contributed by atoms with Gasteiger partial charge in [0, 0.05) is 24.3 Å². The summed E-state index contributed by atoms with van der Waals surface area (Å²) < 4.78 is 29.3. The van der Waals surface area contributed by atoms with Crippen molar-refractivity contribution in [3.05, 3.63) is 64.1 Å². The van der Waals surface area contributed by atoms with Crippen molar-refractivity contribution in [2.75, 3.05) is 25.6 Å². The lowest BCUT2D eigenvalue weighted by Gasteiger charge is -2.19. The Bertz CT molecular complexity index is 852. The highest BCUT2D eigenvalue weighted by atomic mass is 79.9. The van der Waals surface area contributed by atoms with Gasteiger partial charge in [-0.3, -0.25) is 4.79 Å². The van der Waals surface area contributed by atoms with Gasteiger partial charge >= 0.3 is 0 Å². The van der Waals surface area contributed by atoms with Crippen molar-refractivity contribution < 1.29 is 17.9 Å². The first-order valence-electron chi connectivity index (χ1n) is 7.66. The molecule has 7 heteroatoms. The van der Waals surface area contributed by atoms with Crippen LogP contribution in [0, 0.1) is 0 Å². The average molecular weight is 426 g/mol. The van der Waals surface area contributed by atoms with Gasteiger partial charge in [-0.1, -0.05) is 40.2 Å². The van der Waals surface area contributed by atoms with E-state index in [1.165, 1.54) is 4.90 Å². The SMILES string of the molecule is CN(CCS(C)(=O)=O)C(=O)c1ccccc1OCc1cccc(Br)c1. The maximum Gasteiger partial charge on any atom is 0.257 e. The van der Waals surface area contributed by atoms with Crippen molar-refractivity contribution >= 4 is 31.7 Å². The van der Waals surface area contributed by atoms with Crippen LogP contribution in [0.4, 0.5) is 0 Å². The minimum Gasteiger partial charge on any atom is -0.488 e. The summed E-state index contributed by atoms with van der Waals surface area (Å²) >= 11 is 3.41. The number of ether oxygens (including phenoxy) is 1. The minimum atomic E-state index is -3.12. The number of benzene rings is 2. The van der Waals surface area contributed by atoms with Gasteiger partial charge in [-0.15, -0.1) is 0 Å². The lowest BCUT2D eigenvalue weighted by atomic mass is 10.1. The third kappa shape index (κ3) is 6.17. The maximum absolute atomic E-state index is 12.6. The molecule has 2 aromatic carbocycles. The molecular formula is C18H20BrNO4S. The van der Waals surface area contributed by atoms with E-state index >= 15 is 0 Å². The second-order valence-electron chi connectivity index (χ2n) is 5.77. The van der Waals surface area contributed by atoms with E-state index in [1.54, 1.807) is 31.3 Å². The number of hydrogen-bond acceptors (Lipinski definition) is 4. The standard InChI is InChI=1S/C18H20BrNO4S/c1-20(10-11-25(2,22)23)18(21)16-8-3-4-9-17(16)24-13-14-6-5-7-15(19)12-14/h3-9,12H,10-11,13H2,1-2H3. The lowest BCUT2D eigenvalue weighted by molar-refractivity contribution is 0.0798. The van der Waals surface area contributed by atoms with Gasteiger partial charge in [-0.05, 0) is 29.8 Å². The molecule has 0 saturated carbocycles. The van der Waals surface area contributed by atoms with Crippen LogP contribution in [0.25, 0.3) is 0 Å². The van der Waals surface area contributed by atoms with Crippen molar-refractivity contribution in [1.82, 2.24) is 4.90 Å². The monoisotopic (exact) mass is 425 g/mol. The zero-order valence-corrected chi connectivity index (χ0v) is 16.5. The van der Waals surface area contributed by atoms with Crippen LogP contribution in [0.3, 0.4) is 0 Å². The molecule has 0 radical (unpaired) electrons. The number of halogens is 1. The van der Waals surface area contributed by atoms with E-state index in [0.29, 0.717) is 17.9 Å². The van der Waals surface area contributed by atoms with Crippen LogP contribution in [0.15, 0.2) is 53.0 Å². The van der Waals surface area contributed by atoms with E-state index in [2.05, 4.69) is 15.9 Å². The van der Waals surface area contributed by atoms with Gasteiger partial charge in [0.05, 0.1) is 11.3 Å². The third-order valence-corrected chi connectivity index (χ3v) is 4.96. The summed E-state index contributed by atoms with van der Waals surface area (Å²) in [4.78, 5) is 14.0. The average Bonchev–Trinajstić information content (AvgIpc) is 2.57. The number of nitrogens with zero attached hydrogens (tertiary/aromatic N) is 1. The fourth-order valence-electron chi connectivity index (χ4n) is 2.17. The second-order valence-corrected chi connectivity index (χ2v) is 8.95. The van der Waals surface area contributed by atoms with Crippen molar-refractivity contribution in [1.29, 1.82) is 0 Å². The Labute approximate surface area is 156 Å². The van der Waals surface area contributed by atoms with Crippen LogP contribution in [-0.2, 0) is 16.4 Å². The fraction of sp³-hybridized carbons (Fsp3) is 0.278. The quantitative estimate of drug-likeness (QED) is 0.683. The van der Waals surface area contributed by atoms with Gasteiger partial charge in [0.2, 0.25) is 0 Å². The van der Waals surface area contributed by atoms with Crippen molar-refractivity contribution in [2.45, 2.75) is 6.61 Å². The van der Waals surface area contributed by atoms with Gasteiger partial charge in [-0.2, -0.15) is 0 Å². The van der Waals surface area contributed by atoms with Crippen molar-refractivity contribution in [2.24, 2.45) is 0 Å². The van der Waals surface area contributed by atoms with E-state index in [-0.39, 0.29) is 18.2 Å². The number of carbonyl (C=O) groups excluding carboxylic acids is 1. The summed E-state index contributed by atoms with van der Waals surface area (Å²) in [6, 6.07) is 14.7. The zero-order valence-electron chi connectivity index (χ0n) is 14.1. The molecule has 1 amide bonds. The highest BCUT2D eigenvalue weighted by molar-refractivity contribution is 9.10. The molecule has 25 heavy (non-hydrogen) atoms. The number of amides is 1. The normalized spacial score (nSPS) is 11.2. The predicted octanol–water partition coefficient (Wildman–Crippen LogP) is 3.14. The first kappa shape index (κ1) is 19.5. The van der Waals surface area contributed by atoms with Crippen molar-refractivity contribution in [3.8, 4) is 5.75 Å². The van der Waals surface area contributed by atoms with Gasteiger partial charge in [0.15, 0.2) is 0 Å². The van der Waals surface area contributed by atoms with Gasteiger partial charge in [0.25, 0.3) is 5.91 Å². The van der Waals surface area contributed by atoms with Crippen LogP contribution in [0.5, 0.6) is 5.75 Å². The van der Waals surface area contributed by atoms with E-state index in [1.807, 2.05) is 24.3 Å². The maximum atomic E-state index is 12.6. The van der Waals surface area contributed by atoms with E-state index < -0.39 is 9.84 Å². The molecule has 0 aliphatic rings. The van der Waals surface area contributed by atoms with Gasteiger partial charge in [0.1, 0.15) is 22.2 Å². The number of sulfone groups is 1. The first-order chi connectivity index (χ1) is 11.8. The Kier molecular flexibility index (Phi) is 6.61. The molecule has 0 bridgehead atoms. The second kappa shape index (κ2) is 8.49. The Hall–Kier alpha value is -1.86. The van der Waals surface area contributed by atoms with Crippen molar-refractivity contribution in [3.63, 3.8) is 0 Å². The molecule has 134 valence electrons. The Morgan fingerprint density at radius 3 is 2.56 bits per heavy atom. The molecule has 0 N–H and O–H groups in total. The molecule has 0 heterocycles. The predicted molar refractivity (Wildman–Crippen MR) is 102 cm³/mol. The number of para-hydroxylation sites is 1. The third-order valence-electron chi connectivity index (χ3n) is 3.55. The molecule has 2 aromatic rings. The van der Waals surface area contributed by atoms with E-state index in [0.717, 1.165) is 16.3 Å². The summed E-state index contributed by atoms with van der Waals surface area (Å²) in [5, 5.41) is 0. The molecule has 0 aliphatic heterocycles. The lowest BCUT2D eigenvalue weighted by Crippen LogP contribution is -2.31. The largest absolute Gasteiger partial charge is 0.488 e. The summed E-state index contributed by atoms with van der Waals surface area (Å²) in [5.74, 6) is 0.128. The smallest absolute Gasteiger partial charge is 0.257 e. The zero-order chi connectivity index (χ0) is 18.4. The fourth-order valence-corrected chi connectivity index (χ4v) is 3.22. The topological polar surface area (TPSA) is 63.7 Å². The van der Waals surface area contributed by atoms with Gasteiger partial charge < -0.3 is 9.64 Å². The number of carbonyl (C=O) groups is 1. The molecule has 0 unspecified atom stereocenters. The van der Waals surface area contributed by atoms with Gasteiger partial charge in [-0.25, -0.2) is 8.42 Å². The number of hydrogen-bond donors (Lipinski definition) is 0. The highest BCUT2D eigenvalue weighted by Crippen LogP contribution is 2.21. The van der Waals surface area contributed by atoms with E-state index in [4.69, 9.17) is 4.74 Å². The molecule has 2 rings (SSSR count). The van der Waals surface area contributed by atoms with Crippen LogP contribution in [-0.4, -0.2) is 44.8 Å². The summed E-state index contributed by atoms with van der Waals surface area (Å²) in [6.45, 7) is 0.467. The molecule has 0 aliphatic carbocycles. The molecule has 0 aromatic heterocycles. The van der Waals surface area contributed by atoms with Crippen LogP contribution in [0.2, 0.25) is 0 Å². The Balaban J connectivity index is 2.10. The number of rotatable bonds is 7.